The van der Waals surface area contributed by atoms with E-state index in [-0.39, 0.29) is 11.3 Å². The number of aromatic nitrogens is 4. The van der Waals surface area contributed by atoms with Gasteiger partial charge in [-0.15, -0.1) is 0 Å². The standard InChI is InChI=1S/C24H25N5O/c1-13-21(14(2)29(5)28-13)16-8-18-19(11-26-22(18)25-10-16)15-6-7-17-20(9-15)24(3,4)12-27-23(17)30/h6-11H,12H2,1-5H3,(H,25,26)(H,27,30). The van der Waals surface area contributed by atoms with Crippen LogP contribution >= 0.6 is 0 Å². The first kappa shape index (κ1) is 18.6. The number of rotatable bonds is 2. The largest absolute Gasteiger partial charge is 0.351 e. The van der Waals surface area contributed by atoms with Gasteiger partial charge in [0, 0.05) is 64.7 Å². The maximum Gasteiger partial charge on any atom is 0.251 e. The average molecular weight is 399 g/mol. The molecule has 5 rings (SSSR count). The van der Waals surface area contributed by atoms with Crippen LogP contribution in [0.25, 0.3) is 33.3 Å². The lowest BCUT2D eigenvalue weighted by atomic mass is 9.78. The molecule has 0 saturated heterocycles. The van der Waals surface area contributed by atoms with Crippen molar-refractivity contribution in [1.29, 1.82) is 0 Å². The van der Waals surface area contributed by atoms with E-state index in [0.29, 0.717) is 6.54 Å². The number of hydrogen-bond donors (Lipinski definition) is 2. The summed E-state index contributed by atoms with van der Waals surface area (Å²) in [4.78, 5) is 20.3. The first-order valence-corrected chi connectivity index (χ1v) is 10.2. The van der Waals surface area contributed by atoms with Crippen molar-refractivity contribution in [3.05, 3.63) is 59.2 Å². The zero-order valence-electron chi connectivity index (χ0n) is 17.9. The maximum absolute atomic E-state index is 12.3. The molecule has 0 fully saturated rings. The summed E-state index contributed by atoms with van der Waals surface area (Å²) in [6, 6.07) is 8.30. The Morgan fingerprint density at radius 1 is 1.10 bits per heavy atom. The molecule has 0 bridgehead atoms. The summed E-state index contributed by atoms with van der Waals surface area (Å²) < 4.78 is 1.91. The van der Waals surface area contributed by atoms with Gasteiger partial charge in [-0.25, -0.2) is 4.98 Å². The molecule has 152 valence electrons. The van der Waals surface area contributed by atoms with Gasteiger partial charge < -0.3 is 10.3 Å². The quantitative estimate of drug-likeness (QED) is 0.529. The third-order valence-corrected chi connectivity index (χ3v) is 6.32. The van der Waals surface area contributed by atoms with E-state index in [0.717, 1.165) is 55.8 Å². The first-order valence-electron chi connectivity index (χ1n) is 10.2. The van der Waals surface area contributed by atoms with Gasteiger partial charge in [0.25, 0.3) is 5.91 Å². The molecule has 4 aromatic rings. The van der Waals surface area contributed by atoms with Crippen LogP contribution in [0.5, 0.6) is 0 Å². The molecule has 1 aromatic carbocycles. The molecule has 1 aliphatic rings. The monoisotopic (exact) mass is 399 g/mol. The van der Waals surface area contributed by atoms with E-state index in [1.54, 1.807) is 0 Å². The van der Waals surface area contributed by atoms with Crippen molar-refractivity contribution in [2.24, 2.45) is 7.05 Å². The second kappa shape index (κ2) is 6.29. The summed E-state index contributed by atoms with van der Waals surface area (Å²) in [5.74, 6) is 0.00119. The minimum absolute atomic E-state index is 0.00119. The zero-order valence-corrected chi connectivity index (χ0v) is 17.9. The molecule has 2 N–H and O–H groups in total. The van der Waals surface area contributed by atoms with Crippen LogP contribution < -0.4 is 5.32 Å². The lowest BCUT2D eigenvalue weighted by Gasteiger charge is -2.32. The summed E-state index contributed by atoms with van der Waals surface area (Å²) in [7, 11) is 1.96. The molecule has 30 heavy (non-hydrogen) atoms. The number of hydrogen-bond acceptors (Lipinski definition) is 3. The molecule has 0 unspecified atom stereocenters. The minimum atomic E-state index is -0.112. The Morgan fingerprint density at radius 2 is 1.90 bits per heavy atom. The van der Waals surface area contributed by atoms with Crippen molar-refractivity contribution in [3.63, 3.8) is 0 Å². The fourth-order valence-electron chi connectivity index (χ4n) is 4.53. The lowest BCUT2D eigenvalue weighted by molar-refractivity contribution is 0.0930. The van der Waals surface area contributed by atoms with Gasteiger partial charge in [0.2, 0.25) is 0 Å². The van der Waals surface area contributed by atoms with Crippen molar-refractivity contribution in [1.82, 2.24) is 25.1 Å². The van der Waals surface area contributed by atoms with Crippen LogP contribution in [0.4, 0.5) is 0 Å². The van der Waals surface area contributed by atoms with Gasteiger partial charge in [0.15, 0.2) is 0 Å². The number of carbonyl (C=O) groups excluding carboxylic acids is 1. The second-order valence-electron chi connectivity index (χ2n) is 8.82. The molecule has 1 aliphatic heterocycles. The Kier molecular flexibility index (Phi) is 3.90. The number of nitrogens with zero attached hydrogens (tertiary/aromatic N) is 3. The van der Waals surface area contributed by atoms with Crippen LogP contribution in [0.2, 0.25) is 0 Å². The normalized spacial score (nSPS) is 15.3. The highest BCUT2D eigenvalue weighted by Crippen LogP contribution is 2.37. The summed E-state index contributed by atoms with van der Waals surface area (Å²) >= 11 is 0. The zero-order chi connectivity index (χ0) is 21.2. The van der Waals surface area contributed by atoms with Gasteiger partial charge in [0.05, 0.1) is 5.69 Å². The molecule has 0 saturated carbocycles. The van der Waals surface area contributed by atoms with Crippen LogP contribution in [0.3, 0.4) is 0 Å². The predicted octanol–water partition coefficient (Wildman–Crippen LogP) is 4.27. The highest BCUT2D eigenvalue weighted by atomic mass is 16.1. The fraction of sp³-hybridized carbons (Fsp3) is 0.292. The lowest BCUT2D eigenvalue weighted by Crippen LogP contribution is -2.43. The van der Waals surface area contributed by atoms with Crippen molar-refractivity contribution in [2.75, 3.05) is 6.54 Å². The van der Waals surface area contributed by atoms with Gasteiger partial charge in [-0.1, -0.05) is 19.9 Å². The summed E-state index contributed by atoms with van der Waals surface area (Å²) in [6.07, 6.45) is 3.90. The SMILES string of the molecule is Cc1nn(C)c(C)c1-c1cnc2[nH]cc(-c3ccc4c(c3)C(C)(C)CNC4=O)c2c1. The van der Waals surface area contributed by atoms with Gasteiger partial charge in [-0.3, -0.25) is 9.48 Å². The van der Waals surface area contributed by atoms with Crippen molar-refractivity contribution >= 4 is 16.9 Å². The van der Waals surface area contributed by atoms with Crippen LogP contribution in [-0.4, -0.2) is 32.2 Å². The van der Waals surface area contributed by atoms with Crippen molar-refractivity contribution < 1.29 is 4.79 Å². The number of pyridine rings is 1. The Hall–Kier alpha value is -3.41. The Morgan fingerprint density at radius 3 is 2.63 bits per heavy atom. The first-order chi connectivity index (χ1) is 14.3. The second-order valence-corrected chi connectivity index (χ2v) is 8.82. The molecule has 0 spiro atoms. The van der Waals surface area contributed by atoms with E-state index in [4.69, 9.17) is 0 Å². The van der Waals surface area contributed by atoms with E-state index in [9.17, 15) is 4.79 Å². The van der Waals surface area contributed by atoms with Gasteiger partial charge in [-0.2, -0.15) is 5.10 Å². The topological polar surface area (TPSA) is 75.6 Å². The summed E-state index contributed by atoms with van der Waals surface area (Å²) in [5.41, 5.74) is 9.05. The molecular formula is C24H25N5O. The van der Waals surface area contributed by atoms with Crippen LogP contribution in [0, 0.1) is 13.8 Å². The molecule has 4 heterocycles. The number of H-pyrrole nitrogens is 1. The number of aryl methyl sites for hydroxylation is 2. The van der Waals surface area contributed by atoms with E-state index in [2.05, 4.69) is 53.3 Å². The third kappa shape index (κ3) is 2.67. The van der Waals surface area contributed by atoms with Crippen LogP contribution in [0.15, 0.2) is 36.7 Å². The Labute approximate surface area is 175 Å². The smallest absolute Gasteiger partial charge is 0.251 e. The van der Waals surface area contributed by atoms with E-state index in [1.165, 1.54) is 0 Å². The number of aromatic amines is 1. The number of fused-ring (bicyclic) bond motifs is 2. The van der Waals surface area contributed by atoms with Crippen LogP contribution in [-0.2, 0) is 12.5 Å². The van der Waals surface area contributed by atoms with E-state index in [1.807, 2.05) is 43.2 Å². The number of carbonyl (C=O) groups is 1. The number of amides is 1. The van der Waals surface area contributed by atoms with E-state index < -0.39 is 0 Å². The predicted molar refractivity (Wildman–Crippen MR) is 119 cm³/mol. The molecule has 6 heteroatoms. The molecule has 0 atom stereocenters. The summed E-state index contributed by atoms with van der Waals surface area (Å²) in [5, 5.41) is 8.60. The van der Waals surface area contributed by atoms with Crippen LogP contribution in [0.1, 0.15) is 41.2 Å². The number of nitrogens with one attached hydrogen (secondary N) is 2. The van der Waals surface area contributed by atoms with Gasteiger partial charge in [0.1, 0.15) is 5.65 Å². The highest BCUT2D eigenvalue weighted by Gasteiger charge is 2.31. The van der Waals surface area contributed by atoms with Crippen molar-refractivity contribution in [3.8, 4) is 22.3 Å². The minimum Gasteiger partial charge on any atom is -0.351 e. The maximum atomic E-state index is 12.3. The average Bonchev–Trinajstić information content (AvgIpc) is 3.24. The molecule has 6 nitrogen and oxygen atoms in total. The number of benzene rings is 1. The Balaban J connectivity index is 1.68. The molecule has 1 amide bonds. The highest BCUT2D eigenvalue weighted by molar-refractivity contribution is 6.00. The molecule has 0 aliphatic carbocycles. The van der Waals surface area contributed by atoms with Gasteiger partial charge in [-0.05, 0) is 43.2 Å². The molecule has 3 aromatic heterocycles. The molecular weight excluding hydrogens is 374 g/mol. The third-order valence-electron chi connectivity index (χ3n) is 6.32. The molecule has 0 radical (unpaired) electrons. The fourth-order valence-corrected chi connectivity index (χ4v) is 4.53. The van der Waals surface area contributed by atoms with Gasteiger partial charge >= 0.3 is 0 Å². The Bertz CT molecular complexity index is 1330. The summed E-state index contributed by atoms with van der Waals surface area (Å²) in [6.45, 7) is 9.08. The van der Waals surface area contributed by atoms with E-state index >= 15 is 0 Å². The van der Waals surface area contributed by atoms with Crippen molar-refractivity contribution in [2.45, 2.75) is 33.1 Å².